The molecule has 2 aromatic heterocycles. The number of hydrogen-bond donors (Lipinski definition) is 1. The quantitative estimate of drug-likeness (QED) is 0.671. The molecule has 0 amide bonds. The van der Waals surface area contributed by atoms with Gasteiger partial charge in [0.1, 0.15) is 0 Å². The number of aryl methyl sites for hydroxylation is 1. The first-order chi connectivity index (χ1) is 8.63. The molecule has 0 saturated carbocycles. The lowest BCUT2D eigenvalue weighted by atomic mass is 10.2. The highest BCUT2D eigenvalue weighted by molar-refractivity contribution is 5.80. The molecule has 1 aromatic carbocycles. The Balaban J connectivity index is 2.24. The molecule has 0 unspecified atom stereocenters. The number of hydrogen-bond acceptors (Lipinski definition) is 3. The average molecular weight is 242 g/mol. The van der Waals surface area contributed by atoms with Gasteiger partial charge in [-0.15, -0.1) is 0 Å². The molecule has 18 heavy (non-hydrogen) atoms. The third-order valence-electron chi connectivity index (χ3n) is 2.70. The molecule has 0 atom stereocenters. The summed E-state index contributed by atoms with van der Waals surface area (Å²) in [5, 5.41) is 5.19. The number of nitrogens with one attached hydrogen (secondary N) is 1. The monoisotopic (exact) mass is 242 g/mol. The summed E-state index contributed by atoms with van der Waals surface area (Å²) in [5.74, 6) is 0. The fourth-order valence-electron chi connectivity index (χ4n) is 1.91. The Labute approximate surface area is 101 Å². The van der Waals surface area contributed by atoms with Gasteiger partial charge in [-0.05, 0) is 18.2 Å². The second-order valence-electron chi connectivity index (χ2n) is 4.03. The third-order valence-corrected chi connectivity index (χ3v) is 2.70. The summed E-state index contributed by atoms with van der Waals surface area (Å²) in [6.07, 6.45) is 3.33. The first kappa shape index (κ1) is 10.5. The maximum atomic E-state index is 11.7. The molecule has 0 bridgehead atoms. The van der Waals surface area contributed by atoms with Gasteiger partial charge in [0.2, 0.25) is 0 Å². The van der Waals surface area contributed by atoms with Crippen LogP contribution in [0.5, 0.6) is 0 Å². The van der Waals surface area contributed by atoms with Crippen LogP contribution in [0.1, 0.15) is 0 Å². The van der Waals surface area contributed by atoms with E-state index in [1.165, 1.54) is 16.8 Å². The van der Waals surface area contributed by atoms with Gasteiger partial charge in [-0.2, -0.15) is 5.10 Å². The summed E-state index contributed by atoms with van der Waals surface area (Å²) in [6.45, 7) is 0. The Kier molecular flexibility index (Phi) is 2.16. The Morgan fingerprint density at radius 3 is 2.83 bits per heavy atom. The maximum absolute atomic E-state index is 11.7. The van der Waals surface area contributed by atoms with Crippen LogP contribution in [0.4, 0.5) is 0 Å². The number of nitrogens with zero attached hydrogens (tertiary/aromatic N) is 3. The zero-order valence-electron chi connectivity index (χ0n) is 9.62. The molecule has 0 aliphatic carbocycles. The van der Waals surface area contributed by atoms with Crippen LogP contribution in [0.2, 0.25) is 0 Å². The standard InChI is InChI=1S/C12H10N4O2/c1-15-7-8-6-9(2-3-10(8)14-15)16-5-4-11(17)13-12(16)18/h2-7H,1H3,(H,13,17,18). The van der Waals surface area contributed by atoms with Gasteiger partial charge in [0, 0.05) is 30.9 Å². The number of fused-ring (bicyclic) bond motifs is 1. The second-order valence-corrected chi connectivity index (χ2v) is 4.03. The number of aromatic nitrogens is 4. The molecule has 0 radical (unpaired) electrons. The highest BCUT2D eigenvalue weighted by Gasteiger charge is 2.03. The Morgan fingerprint density at radius 2 is 2.06 bits per heavy atom. The fourth-order valence-corrected chi connectivity index (χ4v) is 1.91. The van der Waals surface area contributed by atoms with Crippen molar-refractivity contribution in [3.63, 3.8) is 0 Å². The van der Waals surface area contributed by atoms with Crippen LogP contribution >= 0.6 is 0 Å². The van der Waals surface area contributed by atoms with E-state index in [-0.39, 0.29) is 0 Å². The summed E-state index contributed by atoms with van der Waals surface area (Å²) in [6, 6.07) is 6.79. The van der Waals surface area contributed by atoms with Crippen molar-refractivity contribution in [1.82, 2.24) is 19.3 Å². The van der Waals surface area contributed by atoms with E-state index in [9.17, 15) is 9.59 Å². The number of rotatable bonds is 1. The first-order valence-corrected chi connectivity index (χ1v) is 5.39. The Hall–Kier alpha value is -2.63. The molecule has 0 saturated heterocycles. The van der Waals surface area contributed by atoms with Gasteiger partial charge in [0.15, 0.2) is 0 Å². The molecule has 90 valence electrons. The Bertz CT molecular complexity index is 841. The zero-order valence-corrected chi connectivity index (χ0v) is 9.62. The van der Waals surface area contributed by atoms with Gasteiger partial charge in [-0.1, -0.05) is 0 Å². The van der Waals surface area contributed by atoms with E-state index in [1.807, 2.05) is 25.4 Å². The molecule has 6 heteroatoms. The molecule has 6 nitrogen and oxygen atoms in total. The molecule has 0 fully saturated rings. The van der Waals surface area contributed by atoms with Crippen molar-refractivity contribution in [2.45, 2.75) is 0 Å². The van der Waals surface area contributed by atoms with Gasteiger partial charge in [0.05, 0.1) is 11.2 Å². The van der Waals surface area contributed by atoms with Gasteiger partial charge >= 0.3 is 5.69 Å². The van der Waals surface area contributed by atoms with E-state index < -0.39 is 11.2 Å². The van der Waals surface area contributed by atoms with Crippen molar-refractivity contribution < 1.29 is 0 Å². The van der Waals surface area contributed by atoms with Crippen LogP contribution < -0.4 is 11.2 Å². The minimum Gasteiger partial charge on any atom is -0.275 e. The normalized spacial score (nSPS) is 10.9. The predicted octanol–water partition coefficient (Wildman–Crippen LogP) is 0.412. The van der Waals surface area contributed by atoms with Crippen molar-refractivity contribution in [3.05, 3.63) is 57.5 Å². The van der Waals surface area contributed by atoms with Crippen molar-refractivity contribution in [3.8, 4) is 5.69 Å². The van der Waals surface area contributed by atoms with E-state index in [2.05, 4.69) is 10.1 Å². The Morgan fingerprint density at radius 1 is 1.22 bits per heavy atom. The fraction of sp³-hybridized carbons (Fsp3) is 0.0833. The zero-order chi connectivity index (χ0) is 12.7. The summed E-state index contributed by atoms with van der Waals surface area (Å²) in [5.41, 5.74) is 0.694. The topological polar surface area (TPSA) is 72.7 Å². The number of aromatic amines is 1. The molecule has 1 N–H and O–H groups in total. The molecule has 3 rings (SSSR count). The predicted molar refractivity (Wildman–Crippen MR) is 66.9 cm³/mol. The summed E-state index contributed by atoms with van der Waals surface area (Å²) >= 11 is 0. The number of benzene rings is 1. The molecular formula is C12H10N4O2. The minimum absolute atomic E-state index is 0.404. The van der Waals surface area contributed by atoms with Crippen LogP contribution in [0.3, 0.4) is 0 Å². The average Bonchev–Trinajstić information content (AvgIpc) is 2.68. The van der Waals surface area contributed by atoms with Crippen LogP contribution in [0.25, 0.3) is 16.6 Å². The maximum Gasteiger partial charge on any atom is 0.332 e. The van der Waals surface area contributed by atoms with Crippen molar-refractivity contribution in [2.75, 3.05) is 0 Å². The molecule has 3 aromatic rings. The SMILES string of the molecule is Cn1cc2cc(-n3ccc(=O)[nH]c3=O)ccc2n1. The van der Waals surface area contributed by atoms with E-state index in [0.717, 1.165) is 10.9 Å². The number of H-pyrrole nitrogens is 1. The van der Waals surface area contributed by atoms with E-state index in [1.54, 1.807) is 10.7 Å². The molecule has 0 aliphatic rings. The second kappa shape index (κ2) is 3.69. The van der Waals surface area contributed by atoms with Gasteiger partial charge in [0.25, 0.3) is 5.56 Å². The molecular weight excluding hydrogens is 232 g/mol. The van der Waals surface area contributed by atoms with Crippen molar-refractivity contribution in [1.29, 1.82) is 0 Å². The first-order valence-electron chi connectivity index (χ1n) is 5.39. The molecule has 0 spiro atoms. The summed E-state index contributed by atoms with van der Waals surface area (Å²) in [4.78, 5) is 24.9. The minimum atomic E-state index is -0.453. The largest absolute Gasteiger partial charge is 0.332 e. The lowest BCUT2D eigenvalue weighted by Gasteiger charge is -2.03. The van der Waals surface area contributed by atoms with Gasteiger partial charge < -0.3 is 0 Å². The smallest absolute Gasteiger partial charge is 0.275 e. The highest BCUT2D eigenvalue weighted by atomic mass is 16.2. The van der Waals surface area contributed by atoms with Crippen molar-refractivity contribution >= 4 is 10.9 Å². The summed E-state index contributed by atoms with van der Waals surface area (Å²) < 4.78 is 3.10. The van der Waals surface area contributed by atoms with Crippen molar-refractivity contribution in [2.24, 2.45) is 7.05 Å². The third kappa shape index (κ3) is 1.64. The van der Waals surface area contributed by atoms with E-state index >= 15 is 0 Å². The molecule has 0 aliphatic heterocycles. The molecule has 2 heterocycles. The van der Waals surface area contributed by atoms with Crippen LogP contribution in [0, 0.1) is 0 Å². The lowest BCUT2D eigenvalue weighted by molar-refractivity contribution is 0.780. The van der Waals surface area contributed by atoms with E-state index in [4.69, 9.17) is 0 Å². The van der Waals surface area contributed by atoms with Crippen LogP contribution in [-0.2, 0) is 7.05 Å². The highest BCUT2D eigenvalue weighted by Crippen LogP contribution is 2.15. The lowest BCUT2D eigenvalue weighted by Crippen LogP contribution is -2.27. The van der Waals surface area contributed by atoms with Gasteiger partial charge in [-0.3, -0.25) is 19.0 Å². The van der Waals surface area contributed by atoms with Crippen LogP contribution in [0.15, 0.2) is 46.2 Å². The van der Waals surface area contributed by atoms with Crippen LogP contribution in [-0.4, -0.2) is 19.3 Å². The van der Waals surface area contributed by atoms with E-state index in [0.29, 0.717) is 5.69 Å². The van der Waals surface area contributed by atoms with Gasteiger partial charge in [-0.25, -0.2) is 4.79 Å². The summed E-state index contributed by atoms with van der Waals surface area (Å²) in [7, 11) is 1.84.